The van der Waals surface area contributed by atoms with Crippen LogP contribution >= 0.6 is 11.6 Å². The van der Waals surface area contributed by atoms with Crippen molar-refractivity contribution in [3.63, 3.8) is 0 Å². The van der Waals surface area contributed by atoms with Gasteiger partial charge in [-0.25, -0.2) is 9.37 Å². The Morgan fingerprint density at radius 1 is 1.29 bits per heavy atom. The molecule has 0 saturated carbocycles. The molecule has 3 rings (SSSR count). The van der Waals surface area contributed by atoms with E-state index in [2.05, 4.69) is 9.97 Å². The lowest BCUT2D eigenvalue weighted by molar-refractivity contribution is 0.273. The molecule has 0 amide bonds. The van der Waals surface area contributed by atoms with Crippen LogP contribution in [0, 0.1) is 5.82 Å². The number of fused-ring (bicyclic) bond motifs is 1. The Morgan fingerprint density at radius 3 is 2.90 bits per heavy atom. The number of hydrogen-bond acceptors (Lipinski definition) is 3. The second-order valence-corrected chi connectivity index (χ2v) is 4.97. The van der Waals surface area contributed by atoms with Gasteiger partial charge >= 0.3 is 0 Å². The van der Waals surface area contributed by atoms with Gasteiger partial charge in [-0.1, -0.05) is 23.7 Å². The third kappa shape index (κ3) is 2.99. The van der Waals surface area contributed by atoms with E-state index in [0.717, 1.165) is 5.52 Å². The van der Waals surface area contributed by atoms with Crippen molar-refractivity contribution in [2.75, 3.05) is 0 Å². The van der Waals surface area contributed by atoms with Gasteiger partial charge in [0.2, 0.25) is 0 Å². The molecule has 4 nitrogen and oxygen atoms in total. The van der Waals surface area contributed by atoms with Gasteiger partial charge in [0, 0.05) is 6.07 Å². The van der Waals surface area contributed by atoms with Crippen LogP contribution in [0.25, 0.3) is 11.0 Å². The number of aromatic nitrogens is 2. The Hall–Kier alpha value is -2.11. The predicted molar refractivity (Wildman–Crippen MR) is 77.8 cm³/mol. The van der Waals surface area contributed by atoms with E-state index in [4.69, 9.17) is 21.4 Å². The summed E-state index contributed by atoms with van der Waals surface area (Å²) in [5.41, 5.74) is 2.09. The summed E-state index contributed by atoms with van der Waals surface area (Å²) in [4.78, 5) is 7.14. The van der Waals surface area contributed by atoms with Crippen molar-refractivity contribution in [3.8, 4) is 5.75 Å². The molecule has 0 aliphatic heterocycles. The van der Waals surface area contributed by atoms with Gasteiger partial charge in [-0.2, -0.15) is 0 Å². The molecule has 3 aromatic rings. The molecule has 1 heterocycles. The molecule has 2 aromatic carbocycles. The van der Waals surface area contributed by atoms with Crippen LogP contribution in [0.3, 0.4) is 0 Å². The molecular formula is C15H12ClFN2O2. The number of hydrogen-bond donors (Lipinski definition) is 2. The summed E-state index contributed by atoms with van der Waals surface area (Å²) in [7, 11) is 0. The van der Waals surface area contributed by atoms with Crippen molar-refractivity contribution in [1.82, 2.24) is 9.97 Å². The molecule has 0 unspecified atom stereocenters. The molecule has 0 bridgehead atoms. The first kappa shape index (κ1) is 13.9. The Morgan fingerprint density at radius 2 is 2.14 bits per heavy atom. The van der Waals surface area contributed by atoms with Crippen LogP contribution in [0.2, 0.25) is 5.02 Å². The molecule has 0 aliphatic carbocycles. The van der Waals surface area contributed by atoms with Gasteiger partial charge in [0.25, 0.3) is 0 Å². The van der Waals surface area contributed by atoms with Crippen LogP contribution in [-0.2, 0) is 13.2 Å². The largest absolute Gasteiger partial charge is 0.487 e. The van der Waals surface area contributed by atoms with E-state index in [-0.39, 0.29) is 19.0 Å². The zero-order chi connectivity index (χ0) is 14.8. The number of rotatable bonds is 4. The molecule has 0 radical (unpaired) electrons. The third-order valence-electron chi connectivity index (χ3n) is 3.02. The molecule has 1 aromatic heterocycles. The molecule has 0 atom stereocenters. The Balaban J connectivity index is 1.84. The fourth-order valence-corrected chi connectivity index (χ4v) is 2.26. The zero-order valence-electron chi connectivity index (χ0n) is 10.9. The monoisotopic (exact) mass is 306 g/mol. The number of aliphatic hydroxyl groups is 1. The standard InChI is InChI=1S/C15H12ClFN2O2/c16-11-5-12-13(19-15(7-20)18-12)6-14(11)21-8-9-2-1-3-10(17)4-9/h1-6,20H,7-8H2,(H,18,19). The minimum absolute atomic E-state index is 0.175. The lowest BCUT2D eigenvalue weighted by Crippen LogP contribution is -1.96. The van der Waals surface area contributed by atoms with Gasteiger partial charge in [0.1, 0.15) is 30.6 Å². The van der Waals surface area contributed by atoms with Crippen molar-refractivity contribution in [1.29, 1.82) is 0 Å². The van der Waals surface area contributed by atoms with Crippen LogP contribution in [0.4, 0.5) is 4.39 Å². The fraction of sp³-hybridized carbons (Fsp3) is 0.133. The van der Waals surface area contributed by atoms with Crippen LogP contribution in [0.1, 0.15) is 11.4 Å². The minimum atomic E-state index is -0.308. The molecule has 0 fully saturated rings. The van der Waals surface area contributed by atoms with E-state index in [9.17, 15) is 4.39 Å². The highest BCUT2D eigenvalue weighted by atomic mass is 35.5. The first-order chi connectivity index (χ1) is 10.2. The van der Waals surface area contributed by atoms with E-state index in [0.29, 0.717) is 27.7 Å². The van der Waals surface area contributed by atoms with Crippen LogP contribution in [-0.4, -0.2) is 15.1 Å². The van der Waals surface area contributed by atoms with Crippen molar-refractivity contribution >= 4 is 22.6 Å². The van der Waals surface area contributed by atoms with Gasteiger partial charge in [-0.05, 0) is 23.8 Å². The molecule has 0 aliphatic rings. The van der Waals surface area contributed by atoms with Crippen LogP contribution in [0.5, 0.6) is 5.75 Å². The average molecular weight is 307 g/mol. The first-order valence-corrected chi connectivity index (χ1v) is 6.70. The lowest BCUT2D eigenvalue weighted by Gasteiger charge is -2.08. The number of aliphatic hydroxyl groups excluding tert-OH is 1. The maximum atomic E-state index is 13.1. The summed E-state index contributed by atoms with van der Waals surface area (Å²) in [6.07, 6.45) is 0. The summed E-state index contributed by atoms with van der Waals surface area (Å²) >= 11 is 6.14. The summed E-state index contributed by atoms with van der Waals surface area (Å²) in [5, 5.41) is 9.48. The van der Waals surface area contributed by atoms with Gasteiger partial charge in [0.05, 0.1) is 16.1 Å². The van der Waals surface area contributed by atoms with E-state index in [1.165, 1.54) is 12.1 Å². The number of nitrogens with one attached hydrogen (secondary N) is 1. The Labute approximate surface area is 125 Å². The first-order valence-electron chi connectivity index (χ1n) is 6.32. The summed E-state index contributed by atoms with van der Waals surface area (Å²) in [6, 6.07) is 9.55. The number of ether oxygens (including phenoxy) is 1. The number of H-pyrrole nitrogens is 1. The molecular weight excluding hydrogens is 295 g/mol. The smallest absolute Gasteiger partial charge is 0.140 e. The third-order valence-corrected chi connectivity index (χ3v) is 3.31. The lowest BCUT2D eigenvalue weighted by atomic mass is 10.2. The van der Waals surface area contributed by atoms with Crippen LogP contribution < -0.4 is 4.74 Å². The van der Waals surface area contributed by atoms with E-state index < -0.39 is 0 Å². The highest BCUT2D eigenvalue weighted by molar-refractivity contribution is 6.32. The van der Waals surface area contributed by atoms with Gasteiger partial charge in [0.15, 0.2) is 0 Å². The minimum Gasteiger partial charge on any atom is -0.487 e. The van der Waals surface area contributed by atoms with Crippen LogP contribution in [0.15, 0.2) is 36.4 Å². The molecule has 0 spiro atoms. The number of aromatic amines is 1. The predicted octanol–water partition coefficient (Wildman–Crippen LogP) is 3.43. The highest BCUT2D eigenvalue weighted by Crippen LogP contribution is 2.29. The topological polar surface area (TPSA) is 58.1 Å². The second kappa shape index (κ2) is 5.71. The molecule has 21 heavy (non-hydrogen) atoms. The van der Waals surface area contributed by atoms with E-state index >= 15 is 0 Å². The maximum absolute atomic E-state index is 13.1. The van der Waals surface area contributed by atoms with Gasteiger partial charge < -0.3 is 14.8 Å². The van der Waals surface area contributed by atoms with Gasteiger partial charge in [-0.15, -0.1) is 0 Å². The summed E-state index contributed by atoms with van der Waals surface area (Å²) < 4.78 is 18.7. The number of halogens is 2. The van der Waals surface area contributed by atoms with E-state index in [1.807, 2.05) is 0 Å². The fourth-order valence-electron chi connectivity index (χ4n) is 2.04. The maximum Gasteiger partial charge on any atom is 0.140 e. The molecule has 108 valence electrons. The van der Waals surface area contributed by atoms with Crippen molar-refractivity contribution < 1.29 is 14.2 Å². The molecule has 2 N–H and O–H groups in total. The van der Waals surface area contributed by atoms with Gasteiger partial charge in [-0.3, -0.25) is 0 Å². The van der Waals surface area contributed by atoms with Crippen molar-refractivity contribution in [3.05, 3.63) is 58.6 Å². The molecule has 0 saturated heterocycles. The Kier molecular flexibility index (Phi) is 3.77. The van der Waals surface area contributed by atoms with Crippen molar-refractivity contribution in [2.45, 2.75) is 13.2 Å². The molecule has 6 heteroatoms. The number of imidazole rings is 1. The van der Waals surface area contributed by atoms with E-state index in [1.54, 1.807) is 24.3 Å². The SMILES string of the molecule is OCc1nc2cc(OCc3cccc(F)c3)c(Cl)cc2[nH]1. The van der Waals surface area contributed by atoms with Crippen molar-refractivity contribution in [2.24, 2.45) is 0 Å². The zero-order valence-corrected chi connectivity index (χ0v) is 11.7. The second-order valence-electron chi connectivity index (χ2n) is 4.56. The number of benzene rings is 2. The highest BCUT2D eigenvalue weighted by Gasteiger charge is 2.09. The average Bonchev–Trinajstić information content (AvgIpc) is 2.86. The Bertz CT molecular complexity index is 788. The number of nitrogens with zero attached hydrogens (tertiary/aromatic N) is 1. The summed E-state index contributed by atoms with van der Waals surface area (Å²) in [5.74, 6) is 0.616. The summed E-state index contributed by atoms with van der Waals surface area (Å²) in [6.45, 7) is 0.0338. The quantitative estimate of drug-likeness (QED) is 0.776. The normalized spacial score (nSPS) is 11.0.